The third-order valence-electron chi connectivity index (χ3n) is 2.87. The lowest BCUT2D eigenvalue weighted by Gasteiger charge is -2.14. The van der Waals surface area contributed by atoms with E-state index in [1.807, 2.05) is 20.0 Å². The summed E-state index contributed by atoms with van der Waals surface area (Å²) in [6, 6.07) is 0.140. The number of aryl methyl sites for hydroxylation is 2. The molecule has 0 radical (unpaired) electrons. The van der Waals surface area contributed by atoms with Crippen LogP contribution < -0.4 is 10.6 Å². The third kappa shape index (κ3) is 3.66. The van der Waals surface area contributed by atoms with Crippen LogP contribution in [0.4, 0.5) is 11.8 Å². The Hall–Kier alpha value is -1.69. The van der Waals surface area contributed by atoms with Crippen LogP contribution in [0.15, 0.2) is 11.6 Å². The van der Waals surface area contributed by atoms with Crippen molar-refractivity contribution in [2.75, 3.05) is 17.2 Å². The Kier molecular flexibility index (Phi) is 4.89. The zero-order valence-corrected chi connectivity index (χ0v) is 13.2. The Labute approximate surface area is 123 Å². The van der Waals surface area contributed by atoms with Gasteiger partial charge in [-0.2, -0.15) is 4.98 Å². The Morgan fingerprint density at radius 2 is 2.10 bits per heavy atom. The first-order valence-electron chi connectivity index (χ1n) is 6.86. The molecule has 5 nitrogen and oxygen atoms in total. The van der Waals surface area contributed by atoms with Crippen LogP contribution in [0, 0.1) is 13.8 Å². The van der Waals surface area contributed by atoms with E-state index >= 15 is 0 Å². The van der Waals surface area contributed by atoms with Gasteiger partial charge in [-0.15, -0.1) is 11.3 Å². The van der Waals surface area contributed by atoms with Gasteiger partial charge in [0.2, 0.25) is 5.95 Å². The van der Waals surface area contributed by atoms with E-state index in [1.165, 1.54) is 0 Å². The molecule has 0 aliphatic heterocycles. The predicted octanol–water partition coefficient (Wildman–Crippen LogP) is 3.54. The van der Waals surface area contributed by atoms with Crippen LogP contribution in [0.25, 0.3) is 0 Å². The number of hydrogen-bond acceptors (Lipinski definition) is 6. The molecule has 0 fully saturated rings. The standard InChI is InChI=1S/C14H21N5S/c1-5-6-15-14-16-7-9(2)12(19-14)18-11(4)13-17-10(3)8-20-13/h7-8,11H,5-6H2,1-4H3,(H2,15,16,18,19). The molecule has 0 spiro atoms. The van der Waals surface area contributed by atoms with Gasteiger partial charge in [-0.05, 0) is 27.2 Å². The second-order valence-corrected chi connectivity index (χ2v) is 5.73. The highest BCUT2D eigenvalue weighted by Gasteiger charge is 2.12. The summed E-state index contributed by atoms with van der Waals surface area (Å²) >= 11 is 1.67. The van der Waals surface area contributed by atoms with E-state index in [1.54, 1.807) is 11.3 Å². The smallest absolute Gasteiger partial charge is 0.224 e. The second kappa shape index (κ2) is 6.65. The van der Waals surface area contributed by atoms with E-state index in [9.17, 15) is 0 Å². The maximum absolute atomic E-state index is 4.53. The first kappa shape index (κ1) is 14.7. The quantitative estimate of drug-likeness (QED) is 0.852. The van der Waals surface area contributed by atoms with Gasteiger partial charge in [-0.3, -0.25) is 0 Å². The van der Waals surface area contributed by atoms with Crippen LogP contribution in [-0.2, 0) is 0 Å². The minimum Gasteiger partial charge on any atom is -0.361 e. The molecule has 2 N–H and O–H groups in total. The average molecular weight is 291 g/mol. The molecule has 108 valence electrons. The fourth-order valence-corrected chi connectivity index (χ4v) is 2.55. The minimum absolute atomic E-state index is 0.140. The van der Waals surface area contributed by atoms with E-state index in [0.29, 0.717) is 5.95 Å². The molecule has 20 heavy (non-hydrogen) atoms. The summed E-state index contributed by atoms with van der Waals surface area (Å²) in [6.07, 6.45) is 2.89. The molecule has 0 aromatic carbocycles. The van der Waals surface area contributed by atoms with E-state index in [4.69, 9.17) is 0 Å². The maximum Gasteiger partial charge on any atom is 0.224 e. The number of aromatic nitrogens is 3. The molecule has 1 atom stereocenters. The van der Waals surface area contributed by atoms with E-state index in [2.05, 4.69) is 44.8 Å². The number of nitrogens with one attached hydrogen (secondary N) is 2. The lowest BCUT2D eigenvalue weighted by molar-refractivity contribution is 0.848. The normalized spacial score (nSPS) is 12.2. The van der Waals surface area contributed by atoms with Gasteiger partial charge < -0.3 is 10.6 Å². The Morgan fingerprint density at radius 3 is 2.75 bits per heavy atom. The molecule has 2 rings (SSSR count). The fraction of sp³-hybridized carbons (Fsp3) is 0.500. The molecular weight excluding hydrogens is 270 g/mol. The summed E-state index contributed by atoms with van der Waals surface area (Å²) in [5, 5.41) is 9.75. The Bertz CT molecular complexity index is 566. The molecular formula is C14H21N5S. The van der Waals surface area contributed by atoms with Crippen molar-refractivity contribution < 1.29 is 0 Å². The zero-order valence-electron chi connectivity index (χ0n) is 12.4. The lowest BCUT2D eigenvalue weighted by Crippen LogP contribution is -2.12. The molecule has 0 saturated carbocycles. The van der Waals surface area contributed by atoms with Gasteiger partial charge in [-0.1, -0.05) is 6.92 Å². The summed E-state index contributed by atoms with van der Waals surface area (Å²) in [7, 11) is 0. The zero-order chi connectivity index (χ0) is 14.5. The van der Waals surface area contributed by atoms with Gasteiger partial charge in [0.1, 0.15) is 10.8 Å². The lowest BCUT2D eigenvalue weighted by atomic mass is 10.3. The minimum atomic E-state index is 0.140. The van der Waals surface area contributed by atoms with Crippen molar-refractivity contribution in [2.24, 2.45) is 0 Å². The summed E-state index contributed by atoms with van der Waals surface area (Å²) in [5.41, 5.74) is 2.09. The molecule has 0 aliphatic carbocycles. The molecule has 0 aliphatic rings. The maximum atomic E-state index is 4.53. The summed E-state index contributed by atoms with van der Waals surface area (Å²) in [4.78, 5) is 13.3. The van der Waals surface area contributed by atoms with Gasteiger partial charge in [-0.25, -0.2) is 9.97 Å². The molecule has 2 aromatic heterocycles. The Morgan fingerprint density at radius 1 is 1.30 bits per heavy atom. The summed E-state index contributed by atoms with van der Waals surface area (Å²) in [6.45, 7) is 9.11. The van der Waals surface area contributed by atoms with Crippen LogP contribution >= 0.6 is 11.3 Å². The van der Waals surface area contributed by atoms with Gasteiger partial charge in [0.25, 0.3) is 0 Å². The second-order valence-electron chi connectivity index (χ2n) is 4.85. The van der Waals surface area contributed by atoms with Crippen molar-refractivity contribution >= 4 is 23.1 Å². The van der Waals surface area contributed by atoms with Crippen LogP contribution in [-0.4, -0.2) is 21.5 Å². The van der Waals surface area contributed by atoms with E-state index in [0.717, 1.165) is 35.0 Å². The highest BCUT2D eigenvalue weighted by Crippen LogP contribution is 2.23. The van der Waals surface area contributed by atoms with Gasteiger partial charge in [0.15, 0.2) is 0 Å². The average Bonchev–Trinajstić information content (AvgIpc) is 2.86. The van der Waals surface area contributed by atoms with Crippen LogP contribution in [0.1, 0.15) is 42.6 Å². The number of hydrogen-bond donors (Lipinski definition) is 2. The third-order valence-corrected chi connectivity index (χ3v) is 4.01. The van der Waals surface area contributed by atoms with Gasteiger partial charge >= 0.3 is 0 Å². The molecule has 0 bridgehead atoms. The van der Waals surface area contributed by atoms with E-state index in [-0.39, 0.29) is 6.04 Å². The largest absolute Gasteiger partial charge is 0.361 e. The van der Waals surface area contributed by atoms with Crippen molar-refractivity contribution in [3.05, 3.63) is 27.8 Å². The predicted molar refractivity (Wildman–Crippen MR) is 84.4 cm³/mol. The van der Waals surface area contributed by atoms with Crippen molar-refractivity contribution in [2.45, 2.75) is 40.2 Å². The van der Waals surface area contributed by atoms with Crippen LogP contribution in [0.2, 0.25) is 0 Å². The highest BCUT2D eigenvalue weighted by molar-refractivity contribution is 7.09. The molecule has 0 saturated heterocycles. The summed E-state index contributed by atoms with van der Waals surface area (Å²) in [5.74, 6) is 1.53. The molecule has 6 heteroatoms. The molecule has 0 amide bonds. The molecule has 2 aromatic rings. The Balaban J connectivity index is 2.11. The number of rotatable bonds is 6. The van der Waals surface area contributed by atoms with Gasteiger partial charge in [0, 0.05) is 29.4 Å². The van der Waals surface area contributed by atoms with Crippen molar-refractivity contribution in [1.82, 2.24) is 15.0 Å². The number of nitrogens with zero attached hydrogens (tertiary/aromatic N) is 3. The van der Waals surface area contributed by atoms with Crippen molar-refractivity contribution in [1.29, 1.82) is 0 Å². The van der Waals surface area contributed by atoms with Crippen molar-refractivity contribution in [3.8, 4) is 0 Å². The topological polar surface area (TPSA) is 62.7 Å². The van der Waals surface area contributed by atoms with Crippen molar-refractivity contribution in [3.63, 3.8) is 0 Å². The molecule has 1 unspecified atom stereocenters. The summed E-state index contributed by atoms with van der Waals surface area (Å²) < 4.78 is 0. The van der Waals surface area contributed by atoms with Crippen LogP contribution in [0.5, 0.6) is 0 Å². The fourth-order valence-electron chi connectivity index (χ4n) is 1.75. The van der Waals surface area contributed by atoms with Gasteiger partial charge in [0.05, 0.1) is 6.04 Å². The number of anilines is 2. The molecule has 2 heterocycles. The van der Waals surface area contributed by atoms with E-state index < -0.39 is 0 Å². The first-order chi connectivity index (χ1) is 9.60. The monoisotopic (exact) mass is 291 g/mol. The highest BCUT2D eigenvalue weighted by atomic mass is 32.1. The number of thiazole rings is 1. The first-order valence-corrected chi connectivity index (χ1v) is 7.74. The van der Waals surface area contributed by atoms with Crippen LogP contribution in [0.3, 0.4) is 0 Å². The SMILES string of the molecule is CCCNc1ncc(C)c(NC(C)c2nc(C)cs2)n1.